The quantitative estimate of drug-likeness (QED) is 0.653. The molecular weight excluding hydrogens is 327 g/mol. The van der Waals surface area contributed by atoms with Gasteiger partial charge in [-0.3, -0.25) is 9.59 Å². The van der Waals surface area contributed by atoms with Crippen molar-refractivity contribution in [3.63, 3.8) is 0 Å². The molecule has 24 heavy (non-hydrogen) atoms. The normalized spacial score (nSPS) is 23.2. The second-order valence-electron chi connectivity index (χ2n) is 5.37. The van der Waals surface area contributed by atoms with E-state index in [0.717, 1.165) is 25.1 Å². The zero-order valence-electron chi connectivity index (χ0n) is 12.8. The van der Waals surface area contributed by atoms with E-state index in [1.807, 2.05) is 0 Å². The fourth-order valence-electron chi connectivity index (χ4n) is 2.09. The average Bonchev–Trinajstić information content (AvgIpc) is 2.44. The number of benzene rings is 1. The Bertz CT molecular complexity index is 748. The second kappa shape index (κ2) is 6.12. The molecule has 1 atom stereocenters. The Balaban J connectivity index is 2.25. The number of hydrogen-bond donors (Lipinski definition) is 2. The molecule has 0 heterocycles. The van der Waals surface area contributed by atoms with Gasteiger partial charge in [-0.25, -0.2) is 0 Å². The topological polar surface area (TPSA) is 75.6 Å². The van der Waals surface area contributed by atoms with Crippen molar-refractivity contribution in [3.8, 4) is 5.75 Å². The molecule has 1 aliphatic rings. The van der Waals surface area contributed by atoms with Crippen molar-refractivity contribution in [1.82, 2.24) is 0 Å². The minimum absolute atomic E-state index is 0.0572. The third kappa shape index (κ3) is 3.83. The number of anilines is 1. The van der Waals surface area contributed by atoms with Gasteiger partial charge in [-0.1, -0.05) is 6.07 Å². The minimum atomic E-state index is -4.81. The first kappa shape index (κ1) is 17.7. The summed E-state index contributed by atoms with van der Waals surface area (Å²) in [5.41, 5.74) is -1.52. The first-order valence-electron chi connectivity index (χ1n) is 6.83. The van der Waals surface area contributed by atoms with Crippen LogP contribution in [0.3, 0.4) is 0 Å². The van der Waals surface area contributed by atoms with Crippen molar-refractivity contribution in [2.45, 2.75) is 25.8 Å². The third-order valence-electron chi connectivity index (χ3n) is 3.39. The number of hydrogen-bond acceptors (Lipinski definition) is 5. The van der Waals surface area contributed by atoms with Gasteiger partial charge in [0.15, 0.2) is 11.4 Å². The van der Waals surface area contributed by atoms with Crippen molar-refractivity contribution in [2.24, 2.45) is 0 Å². The lowest BCUT2D eigenvalue weighted by Crippen LogP contribution is -2.46. The average molecular weight is 341 g/mol. The lowest BCUT2D eigenvalue weighted by molar-refractivity contribution is -0.274. The van der Waals surface area contributed by atoms with Crippen LogP contribution in [0.5, 0.6) is 5.75 Å². The lowest BCUT2D eigenvalue weighted by atomic mass is 9.82. The molecule has 0 aliphatic heterocycles. The summed E-state index contributed by atoms with van der Waals surface area (Å²) in [6.07, 6.45) is -2.45. The maximum Gasteiger partial charge on any atom is 0.573 e. The molecule has 0 saturated carbocycles. The number of aliphatic hydroxyl groups is 1. The highest BCUT2D eigenvalue weighted by molar-refractivity contribution is 6.25. The van der Waals surface area contributed by atoms with E-state index in [1.165, 1.54) is 25.3 Å². The van der Waals surface area contributed by atoms with Crippen molar-refractivity contribution in [2.75, 3.05) is 5.32 Å². The van der Waals surface area contributed by atoms with Crippen LogP contribution in [0.2, 0.25) is 0 Å². The molecule has 0 amide bonds. The Morgan fingerprint density at radius 3 is 2.58 bits per heavy atom. The fraction of sp³-hybridized carbons (Fsp3) is 0.250. The van der Waals surface area contributed by atoms with Crippen molar-refractivity contribution >= 4 is 17.3 Å². The molecule has 0 saturated heterocycles. The Morgan fingerprint density at radius 2 is 1.96 bits per heavy atom. The van der Waals surface area contributed by atoms with Crippen LogP contribution in [0.15, 0.2) is 47.7 Å². The summed E-state index contributed by atoms with van der Waals surface area (Å²) in [4.78, 5) is 23.8. The van der Waals surface area contributed by atoms with Gasteiger partial charge in [0.2, 0.25) is 5.78 Å². The highest BCUT2D eigenvalue weighted by atomic mass is 19.4. The number of halogens is 3. The summed E-state index contributed by atoms with van der Waals surface area (Å²) >= 11 is 0. The van der Waals surface area contributed by atoms with Gasteiger partial charge >= 0.3 is 6.36 Å². The molecule has 0 fully saturated rings. The summed E-state index contributed by atoms with van der Waals surface area (Å²) in [5.74, 6) is -1.93. The zero-order chi connectivity index (χ0) is 18.1. The summed E-state index contributed by atoms with van der Waals surface area (Å²) in [5, 5.41) is 12.6. The van der Waals surface area contributed by atoms with E-state index in [9.17, 15) is 27.9 Å². The number of alkyl halides is 3. The van der Waals surface area contributed by atoms with Gasteiger partial charge in [0.05, 0.1) is 0 Å². The van der Waals surface area contributed by atoms with Gasteiger partial charge in [0.1, 0.15) is 5.75 Å². The number of rotatable bonds is 3. The van der Waals surface area contributed by atoms with Crippen LogP contribution >= 0.6 is 0 Å². The molecule has 0 aromatic heterocycles. The largest absolute Gasteiger partial charge is 0.573 e. The summed E-state index contributed by atoms with van der Waals surface area (Å²) in [6, 6.07) is 5.04. The Hall–Kier alpha value is -2.61. The SMILES string of the molecule is CC1=CC(=O)[C@@](C)(O)C(=O)/C1=C\Nc1cccc(OC(F)(F)F)c1. The number of allylic oxidation sites excluding steroid dienone is 1. The van der Waals surface area contributed by atoms with Crippen LogP contribution in [-0.2, 0) is 9.59 Å². The predicted octanol–water partition coefficient (Wildman–Crippen LogP) is 2.73. The second-order valence-corrected chi connectivity index (χ2v) is 5.37. The number of Topliss-reactive ketones (excluding diaryl/α,β-unsaturated/α-hetero) is 1. The first-order valence-corrected chi connectivity index (χ1v) is 6.83. The highest BCUT2D eigenvalue weighted by Crippen LogP contribution is 2.28. The van der Waals surface area contributed by atoms with Crippen molar-refractivity contribution < 1.29 is 32.6 Å². The van der Waals surface area contributed by atoms with E-state index in [4.69, 9.17) is 0 Å². The molecule has 1 aromatic rings. The Morgan fingerprint density at radius 1 is 1.29 bits per heavy atom. The molecule has 1 aliphatic carbocycles. The number of ketones is 2. The van der Waals surface area contributed by atoms with E-state index < -0.39 is 29.3 Å². The van der Waals surface area contributed by atoms with Gasteiger partial charge in [-0.2, -0.15) is 0 Å². The highest BCUT2D eigenvalue weighted by Gasteiger charge is 2.42. The van der Waals surface area contributed by atoms with Crippen molar-refractivity contribution in [1.29, 1.82) is 0 Å². The standard InChI is InChI=1S/C16H14F3NO4/c1-9-6-13(21)15(2,23)14(22)12(9)8-20-10-4-3-5-11(7-10)24-16(17,18)19/h3-8,20,23H,1-2H3/b12-8-/t15-/m1/s1. The van der Waals surface area contributed by atoms with Gasteiger partial charge in [-0.05, 0) is 37.6 Å². The van der Waals surface area contributed by atoms with E-state index >= 15 is 0 Å². The summed E-state index contributed by atoms with van der Waals surface area (Å²) in [6.45, 7) is 2.61. The molecule has 2 rings (SSSR count). The lowest BCUT2D eigenvalue weighted by Gasteiger charge is -2.25. The van der Waals surface area contributed by atoms with Crippen LogP contribution in [0.25, 0.3) is 0 Å². The van der Waals surface area contributed by atoms with Crippen LogP contribution in [0.4, 0.5) is 18.9 Å². The van der Waals surface area contributed by atoms with Crippen LogP contribution in [0.1, 0.15) is 13.8 Å². The monoisotopic (exact) mass is 341 g/mol. The molecular formula is C16H14F3NO4. The maximum atomic E-state index is 12.2. The molecule has 1 aromatic carbocycles. The van der Waals surface area contributed by atoms with Gasteiger partial charge in [0.25, 0.3) is 0 Å². The summed E-state index contributed by atoms with van der Waals surface area (Å²) in [7, 11) is 0. The molecule has 5 nitrogen and oxygen atoms in total. The van der Waals surface area contributed by atoms with Crippen LogP contribution < -0.4 is 10.1 Å². The summed E-state index contributed by atoms with van der Waals surface area (Å²) < 4.78 is 40.4. The van der Waals surface area contributed by atoms with Gasteiger partial charge in [0, 0.05) is 23.5 Å². The molecule has 128 valence electrons. The number of nitrogens with one attached hydrogen (secondary N) is 1. The van der Waals surface area contributed by atoms with Crippen LogP contribution in [0, 0.1) is 0 Å². The van der Waals surface area contributed by atoms with Gasteiger partial charge in [-0.15, -0.1) is 13.2 Å². The van der Waals surface area contributed by atoms with E-state index in [2.05, 4.69) is 10.1 Å². The smallest absolute Gasteiger partial charge is 0.406 e. The Labute approximate surface area is 135 Å². The number of carbonyl (C=O) groups is 2. The molecule has 8 heteroatoms. The molecule has 0 spiro atoms. The maximum absolute atomic E-state index is 12.2. The molecule has 2 N–H and O–H groups in total. The predicted molar refractivity (Wildman–Crippen MR) is 79.2 cm³/mol. The van der Waals surface area contributed by atoms with E-state index in [-0.39, 0.29) is 11.3 Å². The van der Waals surface area contributed by atoms with Gasteiger partial charge < -0.3 is 15.2 Å². The minimum Gasteiger partial charge on any atom is -0.406 e. The third-order valence-corrected chi connectivity index (χ3v) is 3.39. The van der Waals surface area contributed by atoms with E-state index in [1.54, 1.807) is 0 Å². The molecule has 0 unspecified atom stereocenters. The molecule has 0 bridgehead atoms. The number of ether oxygens (including phenoxy) is 1. The number of carbonyl (C=O) groups excluding carboxylic acids is 2. The van der Waals surface area contributed by atoms with Crippen molar-refractivity contribution in [3.05, 3.63) is 47.7 Å². The Kier molecular flexibility index (Phi) is 4.52. The molecule has 0 radical (unpaired) electrons. The zero-order valence-corrected chi connectivity index (χ0v) is 12.8. The van der Waals surface area contributed by atoms with E-state index in [0.29, 0.717) is 5.57 Å². The van der Waals surface area contributed by atoms with Crippen LogP contribution in [-0.4, -0.2) is 28.6 Å². The first-order chi connectivity index (χ1) is 11.0. The fourth-order valence-corrected chi connectivity index (χ4v) is 2.09.